The van der Waals surface area contributed by atoms with Crippen LogP contribution >= 0.6 is 7.82 Å². The van der Waals surface area contributed by atoms with Gasteiger partial charge in [0.15, 0.2) is 0 Å². The molecule has 0 saturated carbocycles. The van der Waals surface area contributed by atoms with Crippen LogP contribution in [-0.4, -0.2) is 69.4 Å². The molecule has 0 aliphatic rings. The first-order chi connectivity index (χ1) is 36.9. The van der Waals surface area contributed by atoms with E-state index in [4.69, 9.17) is 13.8 Å². The van der Waals surface area contributed by atoms with Crippen molar-refractivity contribution >= 4 is 19.7 Å². The summed E-state index contributed by atoms with van der Waals surface area (Å²) >= 11 is 0. The number of phosphoric acid groups is 1. The van der Waals surface area contributed by atoms with Gasteiger partial charge in [-0.2, -0.15) is 0 Å². The summed E-state index contributed by atoms with van der Waals surface area (Å²) in [6.07, 6.45) is 73.8. The quantitative estimate of drug-likeness (QED) is 0.0212. The molecule has 0 aromatic heterocycles. The number of quaternary nitrogens is 1. The van der Waals surface area contributed by atoms with Gasteiger partial charge in [0.2, 0.25) is 5.91 Å². The number of hydrogen-bond acceptors (Lipinski definition) is 7. The molecule has 0 heterocycles. The predicted molar refractivity (Wildman–Crippen MR) is 325 cm³/mol. The molecule has 438 valence electrons. The summed E-state index contributed by atoms with van der Waals surface area (Å²) in [5.74, 6) is -0.580. The van der Waals surface area contributed by atoms with Crippen LogP contribution in [0.2, 0.25) is 0 Å². The maximum atomic E-state index is 13.5. The van der Waals surface area contributed by atoms with Crippen LogP contribution in [0.4, 0.5) is 0 Å². The van der Waals surface area contributed by atoms with E-state index in [2.05, 4.69) is 111 Å². The zero-order valence-corrected chi connectivity index (χ0v) is 50.8. The summed E-state index contributed by atoms with van der Waals surface area (Å²) in [6, 6.07) is -0.907. The molecule has 0 aliphatic heterocycles. The van der Waals surface area contributed by atoms with Crippen molar-refractivity contribution in [1.29, 1.82) is 0 Å². The Bertz CT molecular complexity index is 1620. The van der Waals surface area contributed by atoms with Crippen molar-refractivity contribution in [2.75, 3.05) is 40.9 Å². The molecular weight excluding hydrogens is 964 g/mol. The SMILES string of the molecule is CC/C=C\C/C=C\C/C=C\C/C=C\C/C=C\C/C=C\CCCCCCCCC(=O)OC(/C=C\CCCCCCCCCCCC)C(COP(=O)([O-])OCC[N+](C)(C)C)NC(=O)CCCCC/C=C\CCCCCCCC. The fourth-order valence-electron chi connectivity index (χ4n) is 8.46. The summed E-state index contributed by atoms with van der Waals surface area (Å²) in [5.41, 5.74) is 0. The molecule has 0 aromatic rings. The lowest BCUT2D eigenvalue weighted by atomic mass is 10.0. The van der Waals surface area contributed by atoms with Crippen molar-refractivity contribution in [1.82, 2.24) is 5.32 Å². The first kappa shape index (κ1) is 72.9. The first-order valence-electron chi connectivity index (χ1n) is 31.0. The molecule has 1 amide bonds. The minimum absolute atomic E-state index is 0.0316. The fourth-order valence-corrected chi connectivity index (χ4v) is 9.18. The standard InChI is InChI=1S/C66H117N2O7P/c1-7-10-13-16-19-22-25-28-29-30-31-32-33-34-35-36-37-38-39-41-44-47-50-53-56-59-66(70)75-64(57-54-51-48-45-42-27-24-21-18-15-12-9-3)63(62-74-76(71,72)73-61-60-68(4,5)6)67-65(69)58-55-52-49-46-43-40-26-23-20-17-14-11-8-2/h10,13,19,22,28-29,31-32,34-35,37-38,40,43,54,57,63-64H,7-9,11-12,14-18,20-21,23-27,30,33,36,39,41-42,44-53,55-56,58-62H2,1-6H3,(H-,67,69,71,72)/b13-10-,22-19-,29-28-,32-31-,35-34-,38-37-,43-40-,57-54-. The molecular formula is C66H117N2O7P. The predicted octanol–water partition coefficient (Wildman–Crippen LogP) is 18.5. The Hall–Kier alpha value is -3.07. The highest BCUT2D eigenvalue weighted by Gasteiger charge is 2.27. The molecule has 0 bridgehead atoms. The third-order valence-corrected chi connectivity index (χ3v) is 14.2. The van der Waals surface area contributed by atoms with Gasteiger partial charge in [0, 0.05) is 12.8 Å². The van der Waals surface area contributed by atoms with Crippen molar-refractivity contribution in [2.24, 2.45) is 0 Å². The van der Waals surface area contributed by atoms with E-state index in [1.165, 1.54) is 89.9 Å². The van der Waals surface area contributed by atoms with Crippen molar-refractivity contribution in [3.63, 3.8) is 0 Å². The normalized spacial score (nSPS) is 14.4. The van der Waals surface area contributed by atoms with E-state index in [0.29, 0.717) is 23.9 Å². The lowest BCUT2D eigenvalue weighted by Crippen LogP contribution is -2.47. The van der Waals surface area contributed by atoms with E-state index in [-0.39, 0.29) is 31.3 Å². The number of likely N-dealkylation sites (N-methyl/N-ethyl adjacent to an activating group) is 1. The Kier molecular flexibility index (Phi) is 53.0. The smallest absolute Gasteiger partial charge is 0.306 e. The van der Waals surface area contributed by atoms with Crippen molar-refractivity contribution in [2.45, 2.75) is 270 Å². The average Bonchev–Trinajstić information content (AvgIpc) is 3.38. The molecule has 3 atom stereocenters. The molecule has 76 heavy (non-hydrogen) atoms. The van der Waals surface area contributed by atoms with Gasteiger partial charge in [-0.05, 0) is 109 Å². The Morgan fingerprint density at radius 1 is 0.474 bits per heavy atom. The second-order valence-corrected chi connectivity index (χ2v) is 23.2. The average molecular weight is 1080 g/mol. The molecule has 0 aromatic carbocycles. The Morgan fingerprint density at radius 3 is 1.29 bits per heavy atom. The zero-order chi connectivity index (χ0) is 55.7. The Morgan fingerprint density at radius 2 is 0.842 bits per heavy atom. The Balaban J connectivity index is 5.23. The molecule has 0 rings (SSSR count). The van der Waals surface area contributed by atoms with E-state index < -0.39 is 26.6 Å². The van der Waals surface area contributed by atoms with Crippen LogP contribution in [0.25, 0.3) is 0 Å². The number of ether oxygens (including phenoxy) is 1. The van der Waals surface area contributed by atoms with Gasteiger partial charge in [0.05, 0.1) is 33.8 Å². The number of nitrogens with zero attached hydrogens (tertiary/aromatic N) is 1. The van der Waals surface area contributed by atoms with Crippen LogP contribution in [0, 0.1) is 0 Å². The number of unbranched alkanes of at least 4 members (excludes halogenated alkanes) is 25. The van der Waals surface area contributed by atoms with Gasteiger partial charge in [0.1, 0.15) is 19.3 Å². The molecule has 0 aliphatic carbocycles. The number of carbonyl (C=O) groups is 2. The largest absolute Gasteiger partial charge is 0.756 e. The summed E-state index contributed by atoms with van der Waals surface area (Å²) in [5, 5.41) is 3.01. The molecule has 0 radical (unpaired) electrons. The lowest BCUT2D eigenvalue weighted by Gasteiger charge is -2.30. The number of hydrogen-bond donors (Lipinski definition) is 1. The molecule has 0 fully saturated rings. The van der Waals surface area contributed by atoms with Crippen molar-refractivity contribution < 1.29 is 37.3 Å². The number of esters is 1. The highest BCUT2D eigenvalue weighted by Crippen LogP contribution is 2.38. The third-order valence-electron chi connectivity index (χ3n) is 13.2. The molecule has 1 N–H and O–H groups in total. The van der Waals surface area contributed by atoms with Crippen LogP contribution in [0.15, 0.2) is 97.2 Å². The second-order valence-electron chi connectivity index (χ2n) is 21.8. The summed E-state index contributed by atoms with van der Waals surface area (Å²) in [4.78, 5) is 39.9. The van der Waals surface area contributed by atoms with Gasteiger partial charge in [-0.1, -0.05) is 234 Å². The minimum atomic E-state index is -4.71. The topological polar surface area (TPSA) is 114 Å². The Labute approximate surface area is 468 Å². The number of phosphoric ester groups is 1. The van der Waals surface area contributed by atoms with Gasteiger partial charge in [-0.25, -0.2) is 0 Å². The van der Waals surface area contributed by atoms with E-state index in [0.717, 1.165) is 122 Å². The summed E-state index contributed by atoms with van der Waals surface area (Å²) < 4.78 is 30.3. The van der Waals surface area contributed by atoms with Gasteiger partial charge in [0.25, 0.3) is 7.82 Å². The maximum absolute atomic E-state index is 13.5. The van der Waals surface area contributed by atoms with Crippen LogP contribution in [0.3, 0.4) is 0 Å². The van der Waals surface area contributed by atoms with E-state index in [1.54, 1.807) is 0 Å². The van der Waals surface area contributed by atoms with E-state index in [1.807, 2.05) is 33.3 Å². The first-order valence-corrected chi connectivity index (χ1v) is 32.5. The van der Waals surface area contributed by atoms with E-state index >= 15 is 0 Å². The molecule has 9 nitrogen and oxygen atoms in total. The monoisotopic (exact) mass is 1080 g/mol. The van der Waals surface area contributed by atoms with Gasteiger partial charge >= 0.3 is 5.97 Å². The fraction of sp³-hybridized carbons (Fsp3) is 0.727. The van der Waals surface area contributed by atoms with Gasteiger partial charge < -0.3 is 28.5 Å². The molecule has 10 heteroatoms. The number of carbonyl (C=O) groups excluding carboxylic acids is 2. The zero-order valence-electron chi connectivity index (χ0n) is 49.9. The highest BCUT2D eigenvalue weighted by atomic mass is 31.2. The van der Waals surface area contributed by atoms with Gasteiger partial charge in [-0.15, -0.1) is 0 Å². The van der Waals surface area contributed by atoms with Crippen molar-refractivity contribution in [3.8, 4) is 0 Å². The highest BCUT2D eigenvalue weighted by molar-refractivity contribution is 7.45. The summed E-state index contributed by atoms with van der Waals surface area (Å²) in [7, 11) is 1.16. The minimum Gasteiger partial charge on any atom is -0.756 e. The maximum Gasteiger partial charge on any atom is 0.306 e. The van der Waals surface area contributed by atoms with E-state index in [9.17, 15) is 19.0 Å². The molecule has 0 spiro atoms. The number of rotatable bonds is 55. The number of allylic oxidation sites excluding steroid dienone is 15. The second kappa shape index (κ2) is 55.3. The van der Waals surface area contributed by atoms with Crippen LogP contribution in [-0.2, 0) is 27.9 Å². The number of nitrogens with one attached hydrogen (secondary N) is 1. The summed E-state index contributed by atoms with van der Waals surface area (Å²) in [6.45, 7) is 6.69. The number of amides is 1. The van der Waals surface area contributed by atoms with Crippen LogP contribution in [0.1, 0.15) is 258 Å². The molecule has 3 unspecified atom stereocenters. The van der Waals surface area contributed by atoms with Crippen LogP contribution < -0.4 is 10.2 Å². The van der Waals surface area contributed by atoms with Crippen LogP contribution in [0.5, 0.6) is 0 Å². The van der Waals surface area contributed by atoms with Gasteiger partial charge in [-0.3, -0.25) is 14.2 Å². The van der Waals surface area contributed by atoms with Crippen molar-refractivity contribution in [3.05, 3.63) is 97.2 Å². The third kappa shape index (κ3) is 55.7. The lowest BCUT2D eigenvalue weighted by molar-refractivity contribution is -0.870. The molecule has 0 saturated heterocycles.